The molecule has 4 aromatic carbocycles. The van der Waals surface area contributed by atoms with Gasteiger partial charge >= 0.3 is 12.1 Å². The molecule has 4 rings (SSSR count). The summed E-state index contributed by atoms with van der Waals surface area (Å²) >= 11 is 1.41. The molecule has 0 atom stereocenters. The van der Waals surface area contributed by atoms with Gasteiger partial charge in [0.1, 0.15) is 18.1 Å². The second kappa shape index (κ2) is 17.9. The molecule has 0 aliphatic heterocycles. The van der Waals surface area contributed by atoms with Crippen LogP contribution in [0.25, 0.3) is 11.1 Å². The zero-order valence-corrected chi connectivity index (χ0v) is 27.4. The third-order valence-corrected chi connectivity index (χ3v) is 8.86. The van der Waals surface area contributed by atoms with Crippen molar-refractivity contribution < 1.29 is 31.4 Å². The van der Waals surface area contributed by atoms with Crippen LogP contribution < -0.4 is 9.47 Å². The molecule has 8 heteroatoms. The van der Waals surface area contributed by atoms with Crippen molar-refractivity contribution in [3.05, 3.63) is 131 Å². The van der Waals surface area contributed by atoms with E-state index in [1.165, 1.54) is 22.9 Å². The van der Waals surface area contributed by atoms with Gasteiger partial charge in [0.15, 0.2) is 0 Å². The van der Waals surface area contributed by atoms with Gasteiger partial charge in [0, 0.05) is 6.42 Å². The Morgan fingerprint density at radius 1 is 0.596 bits per heavy atom. The molecule has 0 aliphatic carbocycles. The third-order valence-electron chi connectivity index (χ3n) is 7.71. The summed E-state index contributed by atoms with van der Waals surface area (Å²) in [5, 5.41) is 0. The van der Waals surface area contributed by atoms with E-state index in [1.807, 2.05) is 60.7 Å². The maximum Gasteiger partial charge on any atom is 0.453 e. The van der Waals surface area contributed by atoms with Crippen molar-refractivity contribution in [1.82, 2.24) is 0 Å². The van der Waals surface area contributed by atoms with Crippen molar-refractivity contribution in [3.8, 4) is 11.5 Å². The van der Waals surface area contributed by atoms with Gasteiger partial charge < -0.3 is 9.47 Å². The first-order chi connectivity index (χ1) is 22.7. The van der Waals surface area contributed by atoms with Gasteiger partial charge in [-0.1, -0.05) is 91.9 Å². The van der Waals surface area contributed by atoms with Gasteiger partial charge in [-0.25, -0.2) is 0 Å². The Kier molecular flexibility index (Phi) is 13.8. The number of allylic oxidation sites excluding steroid dienone is 1. The SMILES string of the molecule is CC/C(=C(/c1ccc(OCCCCCSCCCC(F)(F)C(F)(F)F)cc1)c1ccc(OCc2ccccc2)cc1)c1ccccc1. The normalized spacial score (nSPS) is 12.5. The van der Waals surface area contributed by atoms with Crippen molar-refractivity contribution >= 4 is 22.9 Å². The van der Waals surface area contributed by atoms with E-state index in [4.69, 9.17) is 9.47 Å². The fourth-order valence-electron chi connectivity index (χ4n) is 5.17. The molecule has 0 spiro atoms. The summed E-state index contributed by atoms with van der Waals surface area (Å²) in [7, 11) is 0. The van der Waals surface area contributed by atoms with Crippen LogP contribution in [0, 0.1) is 0 Å². The smallest absolute Gasteiger partial charge is 0.453 e. The minimum atomic E-state index is -5.47. The van der Waals surface area contributed by atoms with Gasteiger partial charge in [-0.3, -0.25) is 0 Å². The predicted octanol–water partition coefficient (Wildman–Crippen LogP) is 11.9. The van der Waals surface area contributed by atoms with Crippen LogP contribution in [0.15, 0.2) is 109 Å². The van der Waals surface area contributed by atoms with Crippen LogP contribution in [-0.2, 0) is 6.61 Å². The van der Waals surface area contributed by atoms with Gasteiger partial charge in [0.25, 0.3) is 0 Å². The quantitative estimate of drug-likeness (QED) is 0.0597. The minimum Gasteiger partial charge on any atom is -0.494 e. The second-order valence-electron chi connectivity index (χ2n) is 11.2. The number of hydrogen-bond donors (Lipinski definition) is 0. The minimum absolute atomic E-state index is 0.160. The van der Waals surface area contributed by atoms with E-state index >= 15 is 0 Å². The number of halogens is 5. The lowest BCUT2D eigenvalue weighted by Gasteiger charge is -2.19. The van der Waals surface area contributed by atoms with Gasteiger partial charge in [-0.2, -0.15) is 33.7 Å². The molecule has 0 heterocycles. The van der Waals surface area contributed by atoms with E-state index in [-0.39, 0.29) is 6.42 Å². The molecule has 0 aliphatic rings. The molecule has 2 nitrogen and oxygen atoms in total. The molecule has 0 N–H and O–H groups in total. The number of benzene rings is 4. The molecule has 47 heavy (non-hydrogen) atoms. The summed E-state index contributed by atoms with van der Waals surface area (Å²) in [4.78, 5) is 0. The average molecular weight is 669 g/mol. The topological polar surface area (TPSA) is 18.5 Å². The van der Waals surface area contributed by atoms with Crippen LogP contribution in [0.5, 0.6) is 11.5 Å². The lowest BCUT2D eigenvalue weighted by atomic mass is 9.88. The molecule has 0 saturated carbocycles. The number of hydrogen-bond acceptors (Lipinski definition) is 3. The fourth-order valence-corrected chi connectivity index (χ4v) is 6.13. The Bertz CT molecular complexity index is 1500. The Morgan fingerprint density at radius 3 is 1.72 bits per heavy atom. The standard InChI is InChI=1S/C39H41F5O2S/c1-2-36(31-15-8-4-9-16-31)37(33-19-23-35(24-20-33)46-29-30-13-6-3-7-14-30)32-17-21-34(22-18-32)45-26-10-5-11-27-47-28-12-25-38(40,41)39(42,43)44/h3-4,6-9,13-24H,2,5,10-12,25-29H2,1H3/b37-36+. The predicted molar refractivity (Wildman–Crippen MR) is 183 cm³/mol. The monoisotopic (exact) mass is 668 g/mol. The third kappa shape index (κ3) is 11.2. The highest BCUT2D eigenvalue weighted by atomic mass is 32.2. The number of rotatable bonds is 18. The molecule has 0 radical (unpaired) electrons. The van der Waals surface area contributed by atoms with Gasteiger partial charge in [-0.15, -0.1) is 0 Å². The fraction of sp³-hybridized carbons (Fsp3) is 0.333. The lowest BCUT2D eigenvalue weighted by Crippen LogP contribution is -2.36. The summed E-state index contributed by atoms with van der Waals surface area (Å²) < 4.78 is 74.7. The molecule has 0 fully saturated rings. The summed E-state index contributed by atoms with van der Waals surface area (Å²) in [6, 6.07) is 36.9. The van der Waals surface area contributed by atoms with Crippen LogP contribution in [0.1, 0.15) is 67.7 Å². The molecule has 4 aromatic rings. The summed E-state index contributed by atoms with van der Waals surface area (Å²) in [5.74, 6) is -2.01. The average Bonchev–Trinajstić information content (AvgIpc) is 3.08. The first kappa shape index (κ1) is 36.1. The number of alkyl halides is 5. The summed E-state index contributed by atoms with van der Waals surface area (Å²) in [5.41, 5.74) is 6.86. The highest BCUT2D eigenvalue weighted by molar-refractivity contribution is 7.99. The Morgan fingerprint density at radius 2 is 1.15 bits per heavy atom. The first-order valence-corrected chi connectivity index (χ1v) is 17.1. The van der Waals surface area contributed by atoms with E-state index in [2.05, 4.69) is 55.5 Å². The van der Waals surface area contributed by atoms with E-state index in [9.17, 15) is 22.0 Å². The van der Waals surface area contributed by atoms with E-state index in [0.717, 1.165) is 65.2 Å². The molecule has 0 unspecified atom stereocenters. The highest BCUT2D eigenvalue weighted by Crippen LogP contribution is 2.39. The Hall–Kier alpha value is -3.78. The number of unbranched alkanes of at least 4 members (excludes halogenated alkanes) is 2. The highest BCUT2D eigenvalue weighted by Gasteiger charge is 2.56. The van der Waals surface area contributed by atoms with Crippen LogP contribution in [0.3, 0.4) is 0 Å². The first-order valence-electron chi connectivity index (χ1n) is 16.0. The van der Waals surface area contributed by atoms with Crippen molar-refractivity contribution in [2.75, 3.05) is 18.1 Å². The zero-order chi connectivity index (χ0) is 33.5. The molecule has 0 aromatic heterocycles. The van der Waals surface area contributed by atoms with Gasteiger partial charge in [0.2, 0.25) is 0 Å². The molecular formula is C39H41F5O2S. The maximum absolute atomic E-state index is 13.0. The molecule has 250 valence electrons. The van der Waals surface area contributed by atoms with Gasteiger partial charge in [-0.05, 0) is 101 Å². The Balaban J connectivity index is 1.31. The Labute approximate surface area is 279 Å². The second-order valence-corrected chi connectivity index (χ2v) is 12.4. The van der Waals surface area contributed by atoms with Crippen LogP contribution in [0.4, 0.5) is 22.0 Å². The lowest BCUT2D eigenvalue weighted by molar-refractivity contribution is -0.284. The van der Waals surface area contributed by atoms with Crippen molar-refractivity contribution in [2.45, 2.75) is 64.2 Å². The summed E-state index contributed by atoms with van der Waals surface area (Å²) in [6.45, 7) is 3.22. The van der Waals surface area contributed by atoms with Crippen LogP contribution in [-0.4, -0.2) is 30.2 Å². The maximum atomic E-state index is 13.0. The van der Waals surface area contributed by atoms with E-state index in [0.29, 0.717) is 19.0 Å². The van der Waals surface area contributed by atoms with E-state index in [1.54, 1.807) is 0 Å². The van der Waals surface area contributed by atoms with Crippen molar-refractivity contribution in [3.63, 3.8) is 0 Å². The zero-order valence-electron chi connectivity index (χ0n) is 26.6. The molecule has 0 amide bonds. The number of thioether (sulfide) groups is 1. The van der Waals surface area contributed by atoms with Crippen LogP contribution >= 0.6 is 11.8 Å². The molecular weight excluding hydrogens is 627 g/mol. The largest absolute Gasteiger partial charge is 0.494 e. The molecule has 0 bridgehead atoms. The van der Waals surface area contributed by atoms with Crippen LogP contribution in [0.2, 0.25) is 0 Å². The van der Waals surface area contributed by atoms with E-state index < -0.39 is 18.5 Å². The van der Waals surface area contributed by atoms with Gasteiger partial charge in [0.05, 0.1) is 6.61 Å². The number of ether oxygens (including phenoxy) is 2. The van der Waals surface area contributed by atoms with Crippen molar-refractivity contribution in [1.29, 1.82) is 0 Å². The van der Waals surface area contributed by atoms with Crippen molar-refractivity contribution in [2.24, 2.45) is 0 Å². The summed E-state index contributed by atoms with van der Waals surface area (Å²) in [6.07, 6.45) is -3.37. The molecule has 0 saturated heterocycles.